The van der Waals surface area contributed by atoms with E-state index in [0.717, 1.165) is 6.42 Å². The van der Waals surface area contributed by atoms with Gasteiger partial charge in [0.1, 0.15) is 0 Å². The minimum atomic E-state index is 0.252. The molecule has 0 aromatic carbocycles. The second-order valence-corrected chi connectivity index (χ2v) is 3.14. The van der Waals surface area contributed by atoms with Crippen molar-refractivity contribution < 1.29 is 0 Å². The molecule has 1 atom stereocenters. The first-order valence-electron chi connectivity index (χ1n) is 4.83. The zero-order valence-corrected chi connectivity index (χ0v) is 8.82. The van der Waals surface area contributed by atoms with E-state index in [0.29, 0.717) is 0 Å². The quantitative estimate of drug-likeness (QED) is 0.303. The van der Waals surface area contributed by atoms with E-state index in [4.69, 9.17) is 5.73 Å². The lowest BCUT2D eigenvalue weighted by Gasteiger charge is -2.02. The minimum absolute atomic E-state index is 0.252. The van der Waals surface area contributed by atoms with Gasteiger partial charge in [0.2, 0.25) is 5.96 Å². The Labute approximate surface area is 80.3 Å². The van der Waals surface area contributed by atoms with Crippen LogP contribution in [-0.2, 0) is 0 Å². The summed E-state index contributed by atoms with van der Waals surface area (Å²) in [6.07, 6.45) is 4.79. The van der Waals surface area contributed by atoms with Crippen molar-refractivity contribution in [3.63, 3.8) is 0 Å². The van der Waals surface area contributed by atoms with Gasteiger partial charge in [-0.05, 0) is 13.3 Å². The predicted octanol–water partition coefficient (Wildman–Crippen LogP) is 2.35. The lowest BCUT2D eigenvalue weighted by atomic mass is 10.1. The van der Waals surface area contributed by atoms with Crippen LogP contribution in [0.15, 0.2) is 15.2 Å². The lowest BCUT2D eigenvalue weighted by Crippen LogP contribution is -2.08. The van der Waals surface area contributed by atoms with Gasteiger partial charge in [0.25, 0.3) is 0 Å². The van der Waals surface area contributed by atoms with E-state index in [1.807, 2.05) is 6.92 Å². The molecule has 0 radical (unpaired) electrons. The third-order valence-corrected chi connectivity index (χ3v) is 1.81. The normalized spacial score (nSPS) is 15.2. The first-order valence-corrected chi connectivity index (χ1v) is 4.83. The van der Waals surface area contributed by atoms with Crippen LogP contribution in [0, 0.1) is 0 Å². The molecule has 4 nitrogen and oxygen atoms in total. The summed E-state index contributed by atoms with van der Waals surface area (Å²) >= 11 is 0. The Morgan fingerprint density at radius 3 is 2.62 bits per heavy atom. The van der Waals surface area contributed by atoms with Gasteiger partial charge in [0.05, 0.1) is 6.04 Å². The summed E-state index contributed by atoms with van der Waals surface area (Å²) < 4.78 is 0. The van der Waals surface area contributed by atoms with Gasteiger partial charge in [0.15, 0.2) is 0 Å². The van der Waals surface area contributed by atoms with Gasteiger partial charge in [-0.25, -0.2) is 0 Å². The molecule has 0 fully saturated rings. The molecule has 0 aliphatic rings. The Morgan fingerprint density at radius 1 is 1.38 bits per heavy atom. The molecule has 0 rings (SSSR count). The third-order valence-electron chi connectivity index (χ3n) is 1.81. The monoisotopic (exact) mass is 184 g/mol. The number of nitrogens with two attached hydrogens (primary N) is 1. The summed E-state index contributed by atoms with van der Waals surface area (Å²) in [7, 11) is 1.61. The van der Waals surface area contributed by atoms with E-state index in [2.05, 4.69) is 22.1 Å². The molecule has 0 bridgehead atoms. The van der Waals surface area contributed by atoms with Gasteiger partial charge in [-0.15, -0.1) is 5.11 Å². The van der Waals surface area contributed by atoms with Gasteiger partial charge in [0, 0.05) is 7.05 Å². The molecular formula is C9H20N4. The first-order chi connectivity index (χ1) is 6.20. The van der Waals surface area contributed by atoms with E-state index in [-0.39, 0.29) is 12.0 Å². The van der Waals surface area contributed by atoms with Crippen LogP contribution in [-0.4, -0.2) is 19.0 Å². The number of rotatable bonds is 5. The number of aliphatic imine (C=N–C) groups is 1. The van der Waals surface area contributed by atoms with Crippen LogP contribution in [0.1, 0.15) is 39.5 Å². The molecule has 13 heavy (non-hydrogen) atoms. The highest BCUT2D eigenvalue weighted by Gasteiger charge is 1.98. The Bertz CT molecular complexity index is 174. The van der Waals surface area contributed by atoms with E-state index >= 15 is 0 Å². The van der Waals surface area contributed by atoms with Crippen molar-refractivity contribution in [3.05, 3.63) is 0 Å². The van der Waals surface area contributed by atoms with Crippen molar-refractivity contribution >= 4 is 5.96 Å². The standard InChI is InChI=1S/C9H20N4/c1-4-5-6-7-8(2)12-13-9(10)11-3/h8H,4-7H2,1-3H3,(H2,10,11). The average molecular weight is 184 g/mol. The highest BCUT2D eigenvalue weighted by Crippen LogP contribution is 2.05. The molecule has 0 heterocycles. The fourth-order valence-electron chi connectivity index (χ4n) is 0.950. The zero-order chi connectivity index (χ0) is 10.1. The number of hydrogen-bond donors (Lipinski definition) is 1. The third kappa shape index (κ3) is 7.43. The van der Waals surface area contributed by atoms with Crippen molar-refractivity contribution in [3.8, 4) is 0 Å². The average Bonchev–Trinajstić information content (AvgIpc) is 2.14. The Morgan fingerprint density at radius 2 is 2.08 bits per heavy atom. The maximum absolute atomic E-state index is 5.37. The topological polar surface area (TPSA) is 63.1 Å². The first kappa shape index (κ1) is 12.1. The molecule has 0 aliphatic heterocycles. The molecule has 0 aromatic heterocycles. The summed E-state index contributed by atoms with van der Waals surface area (Å²) in [5.41, 5.74) is 5.37. The van der Waals surface area contributed by atoms with Crippen molar-refractivity contribution in [2.75, 3.05) is 7.05 Å². The van der Waals surface area contributed by atoms with Crippen molar-refractivity contribution in [1.29, 1.82) is 0 Å². The van der Waals surface area contributed by atoms with E-state index in [9.17, 15) is 0 Å². The SMILES string of the molecule is CCCCCC(C)N=NC(N)=NC. The summed E-state index contributed by atoms with van der Waals surface area (Å²) in [4.78, 5) is 3.69. The maximum atomic E-state index is 5.37. The van der Waals surface area contributed by atoms with E-state index < -0.39 is 0 Å². The number of unbranched alkanes of at least 4 members (excludes halogenated alkanes) is 2. The molecular weight excluding hydrogens is 164 g/mol. The molecule has 1 unspecified atom stereocenters. The van der Waals surface area contributed by atoms with Crippen LogP contribution < -0.4 is 5.73 Å². The second-order valence-electron chi connectivity index (χ2n) is 3.14. The molecule has 0 saturated carbocycles. The molecule has 0 spiro atoms. The van der Waals surface area contributed by atoms with Crippen LogP contribution in [0.2, 0.25) is 0 Å². The van der Waals surface area contributed by atoms with Crippen LogP contribution in [0.3, 0.4) is 0 Å². The van der Waals surface area contributed by atoms with Gasteiger partial charge in [-0.3, -0.25) is 4.99 Å². The number of azo groups is 1. The molecule has 4 heteroatoms. The fraction of sp³-hybridized carbons (Fsp3) is 0.889. The Kier molecular flexibility index (Phi) is 7.15. The molecule has 0 saturated heterocycles. The largest absolute Gasteiger partial charge is 0.367 e. The smallest absolute Gasteiger partial charge is 0.234 e. The minimum Gasteiger partial charge on any atom is -0.367 e. The van der Waals surface area contributed by atoms with Gasteiger partial charge in [-0.2, -0.15) is 5.11 Å². The maximum Gasteiger partial charge on any atom is 0.234 e. The molecule has 2 N–H and O–H groups in total. The van der Waals surface area contributed by atoms with Gasteiger partial charge >= 0.3 is 0 Å². The van der Waals surface area contributed by atoms with Gasteiger partial charge in [-0.1, -0.05) is 26.2 Å². The Hall–Kier alpha value is -0.930. The van der Waals surface area contributed by atoms with Crippen LogP contribution in [0.25, 0.3) is 0 Å². The van der Waals surface area contributed by atoms with E-state index in [1.165, 1.54) is 19.3 Å². The summed E-state index contributed by atoms with van der Waals surface area (Å²) in [6, 6.07) is 0.256. The van der Waals surface area contributed by atoms with Crippen molar-refractivity contribution in [1.82, 2.24) is 0 Å². The predicted molar refractivity (Wildman–Crippen MR) is 56.0 cm³/mol. The number of guanidine groups is 1. The zero-order valence-electron chi connectivity index (χ0n) is 8.82. The number of nitrogens with zero attached hydrogens (tertiary/aromatic N) is 3. The fourth-order valence-corrected chi connectivity index (χ4v) is 0.950. The van der Waals surface area contributed by atoms with Crippen molar-refractivity contribution in [2.24, 2.45) is 21.0 Å². The number of hydrogen-bond acceptors (Lipinski definition) is 2. The van der Waals surface area contributed by atoms with Crippen LogP contribution in [0.4, 0.5) is 0 Å². The van der Waals surface area contributed by atoms with E-state index in [1.54, 1.807) is 7.05 Å². The second kappa shape index (κ2) is 7.71. The molecule has 76 valence electrons. The van der Waals surface area contributed by atoms with Crippen molar-refractivity contribution in [2.45, 2.75) is 45.6 Å². The summed E-state index contributed by atoms with van der Waals surface area (Å²) in [5, 5.41) is 7.81. The highest BCUT2D eigenvalue weighted by atomic mass is 15.2. The van der Waals surface area contributed by atoms with Crippen LogP contribution >= 0.6 is 0 Å². The van der Waals surface area contributed by atoms with Gasteiger partial charge < -0.3 is 5.73 Å². The lowest BCUT2D eigenvalue weighted by molar-refractivity contribution is 0.578. The molecule has 0 aromatic rings. The highest BCUT2D eigenvalue weighted by molar-refractivity contribution is 5.77. The molecule has 0 amide bonds. The summed E-state index contributed by atoms with van der Waals surface area (Å²) in [6.45, 7) is 4.23. The molecule has 0 aliphatic carbocycles. The summed E-state index contributed by atoms with van der Waals surface area (Å²) in [5.74, 6) is 0.252. The Balaban J connectivity index is 3.61. The van der Waals surface area contributed by atoms with Crippen LogP contribution in [0.5, 0.6) is 0 Å².